The number of methoxy groups -OCH3 is 1. The Kier molecular flexibility index (Phi) is 10.5. The fourth-order valence-corrected chi connectivity index (χ4v) is 2.02. The first kappa shape index (κ1) is 18.8. The van der Waals surface area contributed by atoms with Gasteiger partial charge in [0, 0.05) is 19.7 Å². The fourth-order valence-electron chi connectivity index (χ4n) is 2.02. The average Bonchev–Trinajstić information content (AvgIpc) is 2.30. The summed E-state index contributed by atoms with van der Waals surface area (Å²) in [6.07, 6.45) is 0.764. The highest BCUT2D eigenvalue weighted by molar-refractivity contribution is 4.72. The first-order valence-corrected chi connectivity index (χ1v) is 7.38. The van der Waals surface area contributed by atoms with E-state index in [0.717, 1.165) is 6.42 Å². The van der Waals surface area contributed by atoms with E-state index in [1.54, 1.807) is 7.11 Å². The number of hydrogen-bond donors (Lipinski definition) is 2. The molecule has 19 heavy (non-hydrogen) atoms. The molecule has 0 rings (SSSR count). The fraction of sp³-hybridized carbons (Fsp3) is 1.00. The van der Waals surface area contributed by atoms with E-state index in [0.29, 0.717) is 31.6 Å². The van der Waals surface area contributed by atoms with Gasteiger partial charge < -0.3 is 19.9 Å². The molecule has 0 saturated heterocycles. The summed E-state index contributed by atoms with van der Waals surface area (Å²) < 4.78 is 10.8. The van der Waals surface area contributed by atoms with E-state index in [4.69, 9.17) is 9.47 Å². The van der Waals surface area contributed by atoms with Crippen molar-refractivity contribution < 1.29 is 14.6 Å². The number of hydrogen-bond acceptors (Lipinski definition) is 4. The predicted octanol–water partition coefficient (Wildman–Crippen LogP) is 2.06. The summed E-state index contributed by atoms with van der Waals surface area (Å²) in [5, 5.41) is 13.2. The van der Waals surface area contributed by atoms with E-state index in [1.165, 1.54) is 0 Å². The molecule has 0 radical (unpaired) electrons. The molecule has 0 amide bonds. The maximum Gasteiger partial charge on any atom is 0.0897 e. The summed E-state index contributed by atoms with van der Waals surface area (Å²) in [6.45, 7) is 12.3. The summed E-state index contributed by atoms with van der Waals surface area (Å²) in [5.74, 6) is 1.10. The van der Waals surface area contributed by atoms with Gasteiger partial charge in [-0.15, -0.1) is 0 Å². The molecule has 0 aliphatic rings. The zero-order valence-electron chi connectivity index (χ0n) is 13.5. The summed E-state index contributed by atoms with van der Waals surface area (Å²) in [6, 6.07) is 0.271. The van der Waals surface area contributed by atoms with Gasteiger partial charge in [-0.05, 0) is 25.2 Å². The van der Waals surface area contributed by atoms with Crippen molar-refractivity contribution in [3.05, 3.63) is 0 Å². The summed E-state index contributed by atoms with van der Waals surface area (Å²) in [7, 11) is 1.70. The van der Waals surface area contributed by atoms with E-state index >= 15 is 0 Å². The third kappa shape index (κ3) is 10.3. The van der Waals surface area contributed by atoms with Gasteiger partial charge in [0.05, 0.1) is 25.4 Å². The van der Waals surface area contributed by atoms with E-state index in [-0.39, 0.29) is 12.1 Å². The van der Waals surface area contributed by atoms with Crippen LogP contribution in [0.3, 0.4) is 0 Å². The molecule has 0 aromatic heterocycles. The maximum absolute atomic E-state index is 9.90. The summed E-state index contributed by atoms with van der Waals surface area (Å²) >= 11 is 0. The van der Waals surface area contributed by atoms with Crippen LogP contribution in [-0.2, 0) is 9.47 Å². The predicted molar refractivity (Wildman–Crippen MR) is 79.4 cm³/mol. The minimum atomic E-state index is -0.465. The highest BCUT2D eigenvalue weighted by Gasteiger charge is 2.15. The highest BCUT2D eigenvalue weighted by Crippen LogP contribution is 2.08. The molecule has 0 fully saturated rings. The topological polar surface area (TPSA) is 50.7 Å². The van der Waals surface area contributed by atoms with Crippen molar-refractivity contribution in [2.24, 2.45) is 11.8 Å². The summed E-state index contributed by atoms with van der Waals surface area (Å²) in [5.41, 5.74) is 0. The quantitative estimate of drug-likeness (QED) is 0.606. The van der Waals surface area contributed by atoms with Crippen molar-refractivity contribution in [1.29, 1.82) is 0 Å². The lowest BCUT2D eigenvalue weighted by Gasteiger charge is -2.24. The maximum atomic E-state index is 9.90. The van der Waals surface area contributed by atoms with Gasteiger partial charge in [-0.25, -0.2) is 0 Å². The standard InChI is InChI=1S/C15H33NO3/c1-11(2)7-13(5)19-9-14(17)8-16-15(10-18-6)12(3)4/h11-17H,7-10H2,1-6H3. The van der Waals surface area contributed by atoms with Crippen molar-refractivity contribution in [3.8, 4) is 0 Å². The largest absolute Gasteiger partial charge is 0.389 e. The average molecular weight is 275 g/mol. The zero-order chi connectivity index (χ0) is 14.8. The van der Waals surface area contributed by atoms with E-state index in [1.807, 2.05) is 0 Å². The van der Waals surface area contributed by atoms with E-state index in [9.17, 15) is 5.11 Å². The molecule has 3 atom stereocenters. The number of ether oxygens (including phenoxy) is 2. The SMILES string of the molecule is COCC(NCC(O)COC(C)CC(C)C)C(C)C. The van der Waals surface area contributed by atoms with Crippen LogP contribution in [0.15, 0.2) is 0 Å². The van der Waals surface area contributed by atoms with Gasteiger partial charge in [0.2, 0.25) is 0 Å². The number of rotatable bonds is 11. The van der Waals surface area contributed by atoms with E-state index in [2.05, 4.69) is 39.9 Å². The molecule has 2 N–H and O–H groups in total. The van der Waals surface area contributed by atoms with Crippen molar-refractivity contribution in [3.63, 3.8) is 0 Å². The van der Waals surface area contributed by atoms with Crippen molar-refractivity contribution >= 4 is 0 Å². The van der Waals surface area contributed by atoms with Crippen LogP contribution in [0, 0.1) is 11.8 Å². The van der Waals surface area contributed by atoms with Crippen LogP contribution in [0.1, 0.15) is 41.0 Å². The summed E-state index contributed by atoms with van der Waals surface area (Å²) in [4.78, 5) is 0. The molecule has 4 nitrogen and oxygen atoms in total. The minimum absolute atomic E-state index is 0.203. The van der Waals surface area contributed by atoms with Gasteiger partial charge in [-0.2, -0.15) is 0 Å². The second-order valence-corrected chi connectivity index (χ2v) is 6.14. The second kappa shape index (κ2) is 10.6. The van der Waals surface area contributed by atoms with E-state index < -0.39 is 6.10 Å². The van der Waals surface area contributed by atoms with Crippen LogP contribution >= 0.6 is 0 Å². The Bertz CT molecular complexity index is 210. The molecule has 3 unspecified atom stereocenters. The Hall–Kier alpha value is -0.160. The Morgan fingerprint density at radius 2 is 1.68 bits per heavy atom. The minimum Gasteiger partial charge on any atom is -0.389 e. The van der Waals surface area contributed by atoms with Gasteiger partial charge in [0.25, 0.3) is 0 Å². The van der Waals surface area contributed by atoms with Gasteiger partial charge in [0.15, 0.2) is 0 Å². The van der Waals surface area contributed by atoms with Crippen LogP contribution in [0.5, 0.6) is 0 Å². The molecule has 0 aliphatic heterocycles. The second-order valence-electron chi connectivity index (χ2n) is 6.14. The first-order chi connectivity index (χ1) is 8.86. The number of aliphatic hydroxyl groups is 1. The highest BCUT2D eigenvalue weighted by atomic mass is 16.5. The van der Waals surface area contributed by atoms with Crippen molar-refractivity contribution in [2.75, 3.05) is 26.9 Å². The smallest absolute Gasteiger partial charge is 0.0897 e. The molecule has 0 aromatic carbocycles. The van der Waals surface area contributed by atoms with Crippen LogP contribution in [0.25, 0.3) is 0 Å². The third-order valence-corrected chi connectivity index (χ3v) is 3.14. The van der Waals surface area contributed by atoms with Crippen LogP contribution in [-0.4, -0.2) is 50.2 Å². The molecule has 0 bridgehead atoms. The van der Waals surface area contributed by atoms with Crippen molar-refractivity contribution in [1.82, 2.24) is 5.32 Å². The lowest BCUT2D eigenvalue weighted by Crippen LogP contribution is -2.43. The Morgan fingerprint density at radius 3 is 2.16 bits per heavy atom. The van der Waals surface area contributed by atoms with Gasteiger partial charge in [-0.3, -0.25) is 0 Å². The Labute approximate surface area is 118 Å². The molecule has 116 valence electrons. The molecular weight excluding hydrogens is 242 g/mol. The lowest BCUT2D eigenvalue weighted by molar-refractivity contribution is -0.0107. The van der Waals surface area contributed by atoms with Crippen molar-refractivity contribution in [2.45, 2.75) is 59.3 Å². The Morgan fingerprint density at radius 1 is 1.05 bits per heavy atom. The van der Waals surface area contributed by atoms with Crippen LogP contribution in [0.4, 0.5) is 0 Å². The van der Waals surface area contributed by atoms with Gasteiger partial charge >= 0.3 is 0 Å². The zero-order valence-corrected chi connectivity index (χ0v) is 13.5. The number of aliphatic hydroxyl groups excluding tert-OH is 1. The van der Waals surface area contributed by atoms with Crippen LogP contribution < -0.4 is 5.32 Å². The first-order valence-electron chi connectivity index (χ1n) is 7.38. The normalized spacial score (nSPS) is 16.9. The van der Waals surface area contributed by atoms with Crippen LogP contribution in [0.2, 0.25) is 0 Å². The molecule has 0 aromatic rings. The molecular formula is C15H33NO3. The molecule has 4 heteroatoms. The molecule has 0 heterocycles. The molecule has 0 spiro atoms. The third-order valence-electron chi connectivity index (χ3n) is 3.14. The lowest BCUT2D eigenvalue weighted by atomic mass is 10.1. The monoisotopic (exact) mass is 275 g/mol. The number of nitrogens with one attached hydrogen (secondary N) is 1. The van der Waals surface area contributed by atoms with Gasteiger partial charge in [0.1, 0.15) is 0 Å². The Balaban J connectivity index is 3.81. The molecule has 0 saturated carbocycles. The van der Waals surface area contributed by atoms with Gasteiger partial charge in [-0.1, -0.05) is 27.7 Å². The molecule has 0 aliphatic carbocycles.